The SMILES string of the molecule is C[C@@H]1C[C@@H]1C(=O)N[C@H]1CCN2CCCC[C@@H]12. The van der Waals surface area contributed by atoms with E-state index >= 15 is 0 Å². The summed E-state index contributed by atoms with van der Waals surface area (Å²) in [6, 6.07) is 1.09. The van der Waals surface area contributed by atoms with Gasteiger partial charge in [0.25, 0.3) is 0 Å². The van der Waals surface area contributed by atoms with E-state index in [4.69, 9.17) is 0 Å². The Bertz CT molecular complexity index is 292. The molecule has 4 atom stereocenters. The molecule has 0 radical (unpaired) electrons. The third-order valence-corrected chi connectivity index (χ3v) is 4.63. The molecule has 1 aliphatic carbocycles. The van der Waals surface area contributed by atoms with Crippen molar-refractivity contribution in [2.75, 3.05) is 13.1 Å². The van der Waals surface area contributed by atoms with Crippen LogP contribution in [0.3, 0.4) is 0 Å². The second-order valence-electron chi connectivity index (χ2n) is 5.82. The normalized spacial score (nSPS) is 42.8. The number of hydrogen-bond donors (Lipinski definition) is 1. The number of amides is 1. The summed E-state index contributed by atoms with van der Waals surface area (Å²) in [6.07, 6.45) is 6.24. The highest BCUT2D eigenvalue weighted by atomic mass is 16.2. The molecule has 3 aliphatic rings. The van der Waals surface area contributed by atoms with E-state index in [9.17, 15) is 4.79 Å². The molecule has 0 bridgehead atoms. The largest absolute Gasteiger partial charge is 0.351 e. The summed E-state index contributed by atoms with van der Waals surface area (Å²) in [5.41, 5.74) is 0. The Balaban J connectivity index is 1.56. The Morgan fingerprint density at radius 2 is 2.06 bits per heavy atom. The van der Waals surface area contributed by atoms with Gasteiger partial charge in [0.1, 0.15) is 0 Å². The van der Waals surface area contributed by atoms with Gasteiger partial charge in [-0.05, 0) is 38.1 Å². The van der Waals surface area contributed by atoms with E-state index in [1.54, 1.807) is 0 Å². The van der Waals surface area contributed by atoms with Crippen molar-refractivity contribution in [3.05, 3.63) is 0 Å². The number of hydrogen-bond acceptors (Lipinski definition) is 2. The quantitative estimate of drug-likeness (QED) is 0.765. The van der Waals surface area contributed by atoms with Crippen molar-refractivity contribution in [2.45, 2.75) is 51.1 Å². The van der Waals surface area contributed by atoms with E-state index in [0.717, 1.165) is 12.8 Å². The van der Waals surface area contributed by atoms with Crippen LogP contribution in [0.5, 0.6) is 0 Å². The van der Waals surface area contributed by atoms with Crippen molar-refractivity contribution in [3.8, 4) is 0 Å². The summed E-state index contributed by atoms with van der Waals surface area (Å²) < 4.78 is 0. The predicted molar refractivity (Wildman–Crippen MR) is 63.0 cm³/mol. The van der Waals surface area contributed by atoms with Gasteiger partial charge in [-0.2, -0.15) is 0 Å². The first kappa shape index (κ1) is 10.6. The molecular weight excluding hydrogens is 200 g/mol. The van der Waals surface area contributed by atoms with E-state index in [0.29, 0.717) is 29.8 Å². The molecule has 0 spiro atoms. The molecule has 0 aromatic carbocycles. The fraction of sp³-hybridized carbons (Fsp3) is 0.923. The molecule has 3 heteroatoms. The molecule has 2 heterocycles. The average molecular weight is 222 g/mol. The van der Waals surface area contributed by atoms with Gasteiger partial charge in [-0.25, -0.2) is 0 Å². The van der Waals surface area contributed by atoms with Gasteiger partial charge in [-0.1, -0.05) is 13.3 Å². The first-order valence-electron chi connectivity index (χ1n) is 6.80. The third kappa shape index (κ3) is 1.86. The number of piperidine rings is 1. The number of carbonyl (C=O) groups is 1. The van der Waals surface area contributed by atoms with Crippen molar-refractivity contribution in [2.24, 2.45) is 11.8 Å². The van der Waals surface area contributed by atoms with E-state index in [-0.39, 0.29) is 0 Å². The molecule has 2 saturated heterocycles. The van der Waals surface area contributed by atoms with Gasteiger partial charge < -0.3 is 5.32 Å². The Morgan fingerprint density at radius 3 is 2.81 bits per heavy atom. The zero-order valence-corrected chi connectivity index (χ0v) is 10.1. The highest BCUT2D eigenvalue weighted by Gasteiger charge is 2.42. The maximum atomic E-state index is 11.9. The zero-order valence-electron chi connectivity index (χ0n) is 10.1. The second-order valence-corrected chi connectivity index (χ2v) is 5.82. The lowest BCUT2D eigenvalue weighted by Gasteiger charge is -2.32. The van der Waals surface area contributed by atoms with Crippen LogP contribution in [-0.2, 0) is 4.79 Å². The molecular formula is C13H22N2O. The van der Waals surface area contributed by atoms with Crippen LogP contribution < -0.4 is 5.32 Å². The molecule has 0 unspecified atom stereocenters. The third-order valence-electron chi connectivity index (χ3n) is 4.63. The Morgan fingerprint density at radius 1 is 1.25 bits per heavy atom. The van der Waals surface area contributed by atoms with E-state index in [1.165, 1.54) is 32.4 Å². The molecule has 3 rings (SSSR count). The van der Waals surface area contributed by atoms with Crippen molar-refractivity contribution < 1.29 is 4.79 Å². The minimum atomic E-state index is 0.324. The lowest BCUT2D eigenvalue weighted by atomic mass is 9.99. The topological polar surface area (TPSA) is 32.3 Å². The average Bonchev–Trinajstić information content (AvgIpc) is 2.89. The van der Waals surface area contributed by atoms with E-state index in [2.05, 4.69) is 17.1 Å². The Hall–Kier alpha value is -0.570. The maximum Gasteiger partial charge on any atom is 0.223 e. The summed E-state index contributed by atoms with van der Waals surface area (Å²) in [5.74, 6) is 1.28. The van der Waals surface area contributed by atoms with E-state index < -0.39 is 0 Å². The maximum absolute atomic E-state index is 11.9. The molecule has 1 amide bonds. The van der Waals surface area contributed by atoms with Gasteiger partial charge >= 0.3 is 0 Å². The minimum Gasteiger partial charge on any atom is -0.351 e. The summed E-state index contributed by atoms with van der Waals surface area (Å²) in [6.45, 7) is 4.61. The fourth-order valence-electron chi connectivity index (χ4n) is 3.39. The fourth-order valence-corrected chi connectivity index (χ4v) is 3.39. The lowest BCUT2D eigenvalue weighted by Crippen LogP contribution is -2.47. The minimum absolute atomic E-state index is 0.324. The molecule has 90 valence electrons. The lowest BCUT2D eigenvalue weighted by molar-refractivity contribution is -0.123. The highest BCUT2D eigenvalue weighted by Crippen LogP contribution is 2.38. The van der Waals surface area contributed by atoms with Crippen LogP contribution in [0.2, 0.25) is 0 Å². The Kier molecular flexibility index (Phi) is 2.66. The molecule has 0 aromatic heterocycles. The summed E-state index contributed by atoms with van der Waals surface area (Å²) >= 11 is 0. The van der Waals surface area contributed by atoms with Gasteiger partial charge in [0.05, 0.1) is 0 Å². The number of nitrogens with one attached hydrogen (secondary N) is 1. The second kappa shape index (κ2) is 4.02. The van der Waals surface area contributed by atoms with Crippen LogP contribution in [0.25, 0.3) is 0 Å². The number of fused-ring (bicyclic) bond motifs is 1. The van der Waals surface area contributed by atoms with Gasteiger partial charge in [0.15, 0.2) is 0 Å². The van der Waals surface area contributed by atoms with Gasteiger partial charge in [0, 0.05) is 24.5 Å². The molecule has 2 aliphatic heterocycles. The summed E-state index contributed by atoms with van der Waals surface area (Å²) in [7, 11) is 0. The molecule has 3 nitrogen and oxygen atoms in total. The predicted octanol–water partition coefficient (Wildman–Crippen LogP) is 1.39. The summed E-state index contributed by atoms with van der Waals surface area (Å²) in [5, 5.41) is 3.29. The van der Waals surface area contributed by atoms with Gasteiger partial charge in [-0.3, -0.25) is 9.69 Å². The standard InChI is InChI=1S/C13H22N2O/c1-9-8-10(9)13(16)14-11-5-7-15-6-3-2-4-12(11)15/h9-12H,2-8H2,1H3,(H,14,16)/t9-,10+,11+,12+/m1/s1. The highest BCUT2D eigenvalue weighted by molar-refractivity contribution is 5.81. The van der Waals surface area contributed by atoms with Crippen molar-refractivity contribution >= 4 is 5.91 Å². The van der Waals surface area contributed by atoms with Crippen molar-refractivity contribution in [1.29, 1.82) is 0 Å². The number of nitrogens with zero attached hydrogens (tertiary/aromatic N) is 1. The van der Waals surface area contributed by atoms with E-state index in [1.807, 2.05) is 0 Å². The van der Waals surface area contributed by atoms with Crippen LogP contribution in [0.1, 0.15) is 39.0 Å². The van der Waals surface area contributed by atoms with Gasteiger partial charge in [0.2, 0.25) is 5.91 Å². The van der Waals surface area contributed by atoms with Crippen LogP contribution in [-0.4, -0.2) is 36.0 Å². The van der Waals surface area contributed by atoms with Crippen molar-refractivity contribution in [1.82, 2.24) is 10.2 Å². The van der Waals surface area contributed by atoms with Gasteiger partial charge in [-0.15, -0.1) is 0 Å². The first-order chi connectivity index (χ1) is 7.75. The molecule has 3 fully saturated rings. The number of carbonyl (C=O) groups excluding carboxylic acids is 1. The molecule has 0 aromatic rings. The number of rotatable bonds is 2. The first-order valence-corrected chi connectivity index (χ1v) is 6.80. The van der Waals surface area contributed by atoms with Crippen molar-refractivity contribution in [3.63, 3.8) is 0 Å². The monoisotopic (exact) mass is 222 g/mol. The van der Waals surface area contributed by atoms with Crippen LogP contribution >= 0.6 is 0 Å². The Labute approximate surface area is 97.6 Å². The molecule has 1 N–H and O–H groups in total. The zero-order chi connectivity index (χ0) is 11.1. The molecule has 1 saturated carbocycles. The molecule has 16 heavy (non-hydrogen) atoms. The van der Waals surface area contributed by atoms with Crippen LogP contribution in [0.4, 0.5) is 0 Å². The smallest absolute Gasteiger partial charge is 0.223 e. The summed E-state index contributed by atoms with van der Waals surface area (Å²) in [4.78, 5) is 14.5. The van der Waals surface area contributed by atoms with Crippen LogP contribution in [0, 0.1) is 11.8 Å². The van der Waals surface area contributed by atoms with Crippen LogP contribution in [0.15, 0.2) is 0 Å².